The fraction of sp³-hybridized carbons (Fsp3) is 0.500. The zero-order chi connectivity index (χ0) is 11.1. The van der Waals surface area contributed by atoms with Crippen LogP contribution in [0.3, 0.4) is 0 Å². The van der Waals surface area contributed by atoms with Gasteiger partial charge in [-0.15, -0.1) is 0 Å². The molecule has 0 saturated heterocycles. The Bertz CT molecular complexity index is 415. The van der Waals surface area contributed by atoms with E-state index in [0.717, 1.165) is 11.3 Å². The lowest BCUT2D eigenvalue weighted by Crippen LogP contribution is -2.12. The van der Waals surface area contributed by atoms with Crippen LogP contribution in [0.1, 0.15) is 24.4 Å². The van der Waals surface area contributed by atoms with E-state index in [1.165, 1.54) is 12.8 Å². The molecule has 1 aliphatic carbocycles. The van der Waals surface area contributed by atoms with Crippen LogP contribution >= 0.6 is 0 Å². The van der Waals surface area contributed by atoms with Crippen molar-refractivity contribution in [1.29, 1.82) is 0 Å². The quantitative estimate of drug-likeness (QED) is 0.846. The minimum atomic E-state index is 0.0865. The second kappa shape index (κ2) is 3.56. The summed E-state index contributed by atoms with van der Waals surface area (Å²) in [7, 11) is 1.63. The molecule has 2 N–H and O–H groups in total. The standard InChI is InChI=1S/C12H15NO3/c1-14-9-4-8(11(13)7-2-3-7)5-10-12(9)16-6-15-10/h4-5,7,11H,2-3,6,13H2,1H3/t11-/m0/s1. The molecule has 1 aromatic rings. The van der Waals surface area contributed by atoms with Crippen molar-refractivity contribution in [1.82, 2.24) is 0 Å². The Balaban J connectivity index is 1.99. The van der Waals surface area contributed by atoms with Gasteiger partial charge in [-0.1, -0.05) is 0 Å². The van der Waals surface area contributed by atoms with Crippen molar-refractivity contribution in [3.8, 4) is 17.2 Å². The van der Waals surface area contributed by atoms with Gasteiger partial charge in [-0.3, -0.25) is 0 Å². The molecule has 1 atom stereocenters. The van der Waals surface area contributed by atoms with E-state index >= 15 is 0 Å². The van der Waals surface area contributed by atoms with Crippen LogP contribution in [0.4, 0.5) is 0 Å². The fourth-order valence-electron chi connectivity index (χ4n) is 2.07. The second-order valence-corrected chi connectivity index (χ2v) is 4.32. The molecule has 86 valence electrons. The Morgan fingerprint density at radius 2 is 2.19 bits per heavy atom. The monoisotopic (exact) mass is 221 g/mol. The molecule has 1 heterocycles. The van der Waals surface area contributed by atoms with Crippen molar-refractivity contribution in [2.45, 2.75) is 18.9 Å². The van der Waals surface area contributed by atoms with Crippen LogP contribution in [-0.2, 0) is 0 Å². The zero-order valence-electron chi connectivity index (χ0n) is 9.23. The summed E-state index contributed by atoms with van der Waals surface area (Å²) in [6.45, 7) is 0.258. The van der Waals surface area contributed by atoms with E-state index in [4.69, 9.17) is 19.9 Å². The third kappa shape index (κ3) is 1.50. The first-order chi connectivity index (χ1) is 7.79. The number of methoxy groups -OCH3 is 1. The van der Waals surface area contributed by atoms with E-state index in [1.54, 1.807) is 7.11 Å². The molecule has 0 bridgehead atoms. The topological polar surface area (TPSA) is 53.7 Å². The van der Waals surface area contributed by atoms with Crippen LogP contribution in [0.25, 0.3) is 0 Å². The molecule has 0 unspecified atom stereocenters. The average Bonchev–Trinajstić information content (AvgIpc) is 3.05. The number of hydrogen-bond donors (Lipinski definition) is 1. The van der Waals surface area contributed by atoms with Gasteiger partial charge in [0.15, 0.2) is 11.5 Å². The van der Waals surface area contributed by atoms with Crippen LogP contribution in [0.15, 0.2) is 12.1 Å². The van der Waals surface area contributed by atoms with Gasteiger partial charge in [0.25, 0.3) is 0 Å². The Hall–Kier alpha value is -1.42. The number of hydrogen-bond acceptors (Lipinski definition) is 4. The first-order valence-electron chi connectivity index (χ1n) is 5.52. The number of benzene rings is 1. The van der Waals surface area contributed by atoms with Crippen LogP contribution in [0.2, 0.25) is 0 Å². The maximum Gasteiger partial charge on any atom is 0.231 e. The number of nitrogens with two attached hydrogens (primary N) is 1. The summed E-state index contributed by atoms with van der Waals surface area (Å²) in [5.41, 5.74) is 7.24. The van der Waals surface area contributed by atoms with E-state index in [-0.39, 0.29) is 12.8 Å². The minimum absolute atomic E-state index is 0.0865. The first kappa shape index (κ1) is 9.78. The molecule has 0 aromatic heterocycles. The first-order valence-corrected chi connectivity index (χ1v) is 5.52. The Morgan fingerprint density at radius 3 is 2.88 bits per heavy atom. The maximum atomic E-state index is 6.17. The van der Waals surface area contributed by atoms with Crippen molar-refractivity contribution >= 4 is 0 Å². The van der Waals surface area contributed by atoms with E-state index in [2.05, 4.69) is 0 Å². The normalized spacial score (nSPS) is 19.6. The lowest BCUT2D eigenvalue weighted by atomic mass is 10.0. The largest absolute Gasteiger partial charge is 0.493 e. The molecule has 0 radical (unpaired) electrons. The van der Waals surface area contributed by atoms with Crippen molar-refractivity contribution in [3.63, 3.8) is 0 Å². The van der Waals surface area contributed by atoms with Crippen molar-refractivity contribution in [3.05, 3.63) is 17.7 Å². The molecular weight excluding hydrogens is 206 g/mol. The fourth-order valence-corrected chi connectivity index (χ4v) is 2.07. The van der Waals surface area contributed by atoms with Crippen LogP contribution in [0, 0.1) is 5.92 Å². The van der Waals surface area contributed by atoms with Crippen LogP contribution < -0.4 is 19.9 Å². The van der Waals surface area contributed by atoms with Crippen molar-refractivity contribution in [2.24, 2.45) is 11.7 Å². The lowest BCUT2D eigenvalue weighted by molar-refractivity contribution is 0.171. The van der Waals surface area contributed by atoms with E-state index in [0.29, 0.717) is 17.4 Å². The smallest absolute Gasteiger partial charge is 0.231 e. The summed E-state index contributed by atoms with van der Waals surface area (Å²) >= 11 is 0. The number of fused-ring (bicyclic) bond motifs is 1. The molecule has 1 saturated carbocycles. The third-order valence-electron chi connectivity index (χ3n) is 3.20. The molecule has 16 heavy (non-hydrogen) atoms. The minimum Gasteiger partial charge on any atom is -0.493 e. The summed E-state index contributed by atoms with van der Waals surface area (Å²) in [4.78, 5) is 0. The van der Waals surface area contributed by atoms with Crippen LogP contribution in [-0.4, -0.2) is 13.9 Å². The summed E-state index contributed by atoms with van der Waals surface area (Å²) in [5, 5.41) is 0. The molecule has 3 rings (SSSR count). The third-order valence-corrected chi connectivity index (χ3v) is 3.20. The summed E-state index contributed by atoms with van der Waals surface area (Å²) in [5.74, 6) is 2.76. The molecular formula is C12H15NO3. The SMILES string of the molecule is COc1cc([C@@H](N)C2CC2)cc2c1OCO2. The van der Waals surface area contributed by atoms with E-state index in [9.17, 15) is 0 Å². The highest BCUT2D eigenvalue weighted by molar-refractivity contribution is 5.55. The zero-order valence-corrected chi connectivity index (χ0v) is 9.23. The van der Waals surface area contributed by atoms with Gasteiger partial charge in [-0.2, -0.15) is 0 Å². The molecule has 2 aliphatic rings. The predicted molar refractivity (Wildman–Crippen MR) is 58.8 cm³/mol. The van der Waals surface area contributed by atoms with Gasteiger partial charge in [0.05, 0.1) is 7.11 Å². The maximum absolute atomic E-state index is 6.17. The molecule has 4 heteroatoms. The van der Waals surface area contributed by atoms with E-state index in [1.807, 2.05) is 12.1 Å². The average molecular weight is 221 g/mol. The van der Waals surface area contributed by atoms with Gasteiger partial charge < -0.3 is 19.9 Å². The van der Waals surface area contributed by atoms with Crippen molar-refractivity contribution in [2.75, 3.05) is 13.9 Å². The molecule has 1 aliphatic heterocycles. The molecule has 4 nitrogen and oxygen atoms in total. The highest BCUT2D eigenvalue weighted by Crippen LogP contribution is 2.46. The van der Waals surface area contributed by atoms with Gasteiger partial charge in [0, 0.05) is 6.04 Å². The summed E-state index contributed by atoms with van der Waals surface area (Å²) in [6.07, 6.45) is 2.44. The molecule has 0 spiro atoms. The predicted octanol–water partition coefficient (Wildman–Crippen LogP) is 1.83. The van der Waals surface area contributed by atoms with Gasteiger partial charge in [0.2, 0.25) is 12.5 Å². The number of ether oxygens (including phenoxy) is 3. The van der Waals surface area contributed by atoms with Crippen LogP contribution in [0.5, 0.6) is 17.2 Å². The lowest BCUT2D eigenvalue weighted by Gasteiger charge is -2.13. The van der Waals surface area contributed by atoms with Gasteiger partial charge in [-0.05, 0) is 36.5 Å². The molecule has 1 aromatic carbocycles. The summed E-state index contributed by atoms with van der Waals surface area (Å²) in [6, 6.07) is 4.01. The Morgan fingerprint density at radius 1 is 1.38 bits per heavy atom. The Labute approximate surface area is 94.3 Å². The van der Waals surface area contributed by atoms with Gasteiger partial charge in [0.1, 0.15) is 0 Å². The molecule has 1 fully saturated rings. The van der Waals surface area contributed by atoms with Gasteiger partial charge >= 0.3 is 0 Å². The Kier molecular flexibility index (Phi) is 2.17. The van der Waals surface area contributed by atoms with E-state index < -0.39 is 0 Å². The number of rotatable bonds is 3. The second-order valence-electron chi connectivity index (χ2n) is 4.32. The highest BCUT2D eigenvalue weighted by Gasteiger charge is 2.31. The van der Waals surface area contributed by atoms with Crippen molar-refractivity contribution < 1.29 is 14.2 Å². The van der Waals surface area contributed by atoms with Gasteiger partial charge in [-0.25, -0.2) is 0 Å². The summed E-state index contributed by atoms with van der Waals surface area (Å²) < 4.78 is 16.0. The molecule has 0 amide bonds. The highest BCUT2D eigenvalue weighted by atomic mass is 16.7.